The van der Waals surface area contributed by atoms with Crippen molar-refractivity contribution in [3.05, 3.63) is 29.8 Å². The summed E-state index contributed by atoms with van der Waals surface area (Å²) in [5.41, 5.74) is 2.05. The first-order valence-corrected chi connectivity index (χ1v) is 10.2. The van der Waals surface area contributed by atoms with Gasteiger partial charge in [0.1, 0.15) is 0 Å². The Kier molecular flexibility index (Phi) is 6.24. The molecule has 6 heteroatoms. The molecule has 1 saturated carbocycles. The van der Waals surface area contributed by atoms with Gasteiger partial charge in [-0.05, 0) is 43.4 Å². The van der Waals surface area contributed by atoms with E-state index in [0.717, 1.165) is 16.7 Å². The Hall–Kier alpha value is -1.69. The maximum Gasteiger partial charge on any atom is 0.321 e. The molecule has 1 aliphatic heterocycles. The van der Waals surface area contributed by atoms with Crippen molar-refractivity contribution in [3.63, 3.8) is 0 Å². The number of carboxylic acid groups (broad SMARTS) is 1. The van der Waals surface area contributed by atoms with Crippen LogP contribution in [0.15, 0.2) is 24.3 Å². The van der Waals surface area contributed by atoms with E-state index in [0.29, 0.717) is 25.9 Å². The fraction of sp³-hybridized carbons (Fsp3) is 0.579. The highest BCUT2D eigenvalue weighted by Crippen LogP contribution is 2.32. The van der Waals surface area contributed by atoms with E-state index in [9.17, 15) is 9.59 Å². The first kappa shape index (κ1) is 18.1. The van der Waals surface area contributed by atoms with Gasteiger partial charge in [-0.3, -0.25) is 4.79 Å². The quantitative estimate of drug-likeness (QED) is 0.824. The van der Waals surface area contributed by atoms with E-state index in [2.05, 4.69) is 11.4 Å². The number of carbonyl (C=O) groups excluding carboxylic acids is 1. The van der Waals surface area contributed by atoms with Crippen molar-refractivity contribution in [2.75, 3.05) is 18.4 Å². The number of urea groups is 1. The van der Waals surface area contributed by atoms with Crippen molar-refractivity contribution in [3.8, 4) is 0 Å². The van der Waals surface area contributed by atoms with Gasteiger partial charge in [-0.25, -0.2) is 4.79 Å². The summed E-state index contributed by atoms with van der Waals surface area (Å²) in [5.74, 6) is -0.0919. The van der Waals surface area contributed by atoms with Crippen LogP contribution in [0.4, 0.5) is 10.5 Å². The van der Waals surface area contributed by atoms with Gasteiger partial charge in [0, 0.05) is 29.8 Å². The summed E-state index contributed by atoms with van der Waals surface area (Å²) in [6.07, 6.45) is 6.42. The van der Waals surface area contributed by atoms with Crippen LogP contribution < -0.4 is 5.32 Å². The van der Waals surface area contributed by atoms with Crippen molar-refractivity contribution in [2.45, 2.75) is 49.5 Å². The second-order valence-electron chi connectivity index (χ2n) is 6.95. The lowest BCUT2D eigenvalue weighted by molar-refractivity contribution is -0.143. The van der Waals surface area contributed by atoms with Crippen LogP contribution in [-0.2, 0) is 10.5 Å². The number of rotatable bonds is 5. The molecule has 2 fully saturated rings. The van der Waals surface area contributed by atoms with Gasteiger partial charge in [0.2, 0.25) is 0 Å². The summed E-state index contributed by atoms with van der Waals surface area (Å²) >= 11 is 2.02. The van der Waals surface area contributed by atoms with E-state index < -0.39 is 5.97 Å². The predicted molar refractivity (Wildman–Crippen MR) is 101 cm³/mol. The first-order valence-electron chi connectivity index (χ1n) is 9.11. The molecule has 25 heavy (non-hydrogen) atoms. The highest BCUT2D eigenvalue weighted by atomic mass is 32.2. The Morgan fingerprint density at radius 1 is 1.16 bits per heavy atom. The van der Waals surface area contributed by atoms with Crippen LogP contribution in [0.5, 0.6) is 0 Å². The number of piperidine rings is 1. The topological polar surface area (TPSA) is 69.6 Å². The van der Waals surface area contributed by atoms with Crippen LogP contribution in [0.2, 0.25) is 0 Å². The standard InChI is InChI=1S/C19H26N2O3S/c22-18(23)15-8-10-21(11-9-15)19(24)20-16-5-3-4-14(12-16)13-25-17-6-1-2-7-17/h3-5,12,15,17H,1-2,6-11,13H2,(H,20,24)(H,22,23). The molecule has 0 atom stereocenters. The third-order valence-corrected chi connectivity index (χ3v) is 6.54. The number of hydrogen-bond acceptors (Lipinski definition) is 3. The Morgan fingerprint density at radius 3 is 2.56 bits per heavy atom. The van der Waals surface area contributed by atoms with Gasteiger partial charge in [-0.15, -0.1) is 0 Å². The molecule has 0 radical (unpaired) electrons. The Labute approximate surface area is 153 Å². The van der Waals surface area contributed by atoms with Crippen LogP contribution in [0.3, 0.4) is 0 Å². The molecule has 1 aromatic rings. The molecule has 136 valence electrons. The molecule has 1 saturated heterocycles. The van der Waals surface area contributed by atoms with Crippen LogP contribution >= 0.6 is 11.8 Å². The Morgan fingerprint density at radius 2 is 1.88 bits per heavy atom. The number of carbonyl (C=O) groups is 2. The van der Waals surface area contributed by atoms with Crippen molar-refractivity contribution >= 4 is 29.4 Å². The van der Waals surface area contributed by atoms with E-state index in [1.165, 1.54) is 31.2 Å². The number of anilines is 1. The third-order valence-electron chi connectivity index (χ3n) is 5.10. The van der Waals surface area contributed by atoms with Gasteiger partial charge in [0.05, 0.1) is 5.92 Å². The van der Waals surface area contributed by atoms with Gasteiger partial charge in [-0.1, -0.05) is 25.0 Å². The van der Waals surface area contributed by atoms with Crippen molar-refractivity contribution < 1.29 is 14.7 Å². The number of nitrogens with zero attached hydrogens (tertiary/aromatic N) is 1. The van der Waals surface area contributed by atoms with Crippen LogP contribution in [0, 0.1) is 5.92 Å². The minimum absolute atomic E-state index is 0.135. The molecule has 2 amide bonds. The fourth-order valence-electron chi connectivity index (χ4n) is 3.54. The normalized spacial score (nSPS) is 19.1. The molecule has 1 heterocycles. The SMILES string of the molecule is O=C(O)C1CCN(C(=O)Nc2cccc(CSC3CCCC3)c2)CC1. The molecular formula is C19H26N2O3S. The van der Waals surface area contributed by atoms with Crippen LogP contribution in [0.1, 0.15) is 44.1 Å². The van der Waals surface area contributed by atoms with Crippen molar-refractivity contribution in [2.24, 2.45) is 5.92 Å². The number of thioether (sulfide) groups is 1. The molecule has 5 nitrogen and oxygen atoms in total. The van der Waals surface area contributed by atoms with E-state index >= 15 is 0 Å². The summed E-state index contributed by atoms with van der Waals surface area (Å²) in [4.78, 5) is 25.1. The number of carboxylic acids is 1. The highest BCUT2D eigenvalue weighted by molar-refractivity contribution is 7.99. The predicted octanol–water partition coefficient (Wildman–Crippen LogP) is 4.19. The van der Waals surface area contributed by atoms with Gasteiger partial charge < -0.3 is 15.3 Å². The van der Waals surface area contributed by atoms with E-state index in [1.807, 2.05) is 30.0 Å². The summed E-state index contributed by atoms with van der Waals surface area (Å²) in [5, 5.41) is 12.8. The zero-order chi connectivity index (χ0) is 17.6. The molecule has 3 rings (SSSR count). The average molecular weight is 362 g/mol. The summed E-state index contributed by atoms with van der Waals surface area (Å²) in [6, 6.07) is 7.91. The van der Waals surface area contributed by atoms with Gasteiger partial charge in [-0.2, -0.15) is 11.8 Å². The van der Waals surface area contributed by atoms with Crippen molar-refractivity contribution in [1.82, 2.24) is 4.90 Å². The molecular weight excluding hydrogens is 336 g/mol. The first-order chi connectivity index (χ1) is 12.1. The van der Waals surface area contributed by atoms with Gasteiger partial charge >= 0.3 is 12.0 Å². The smallest absolute Gasteiger partial charge is 0.321 e. The van der Waals surface area contributed by atoms with Crippen LogP contribution in [0.25, 0.3) is 0 Å². The zero-order valence-electron chi connectivity index (χ0n) is 14.4. The lowest BCUT2D eigenvalue weighted by Crippen LogP contribution is -2.42. The van der Waals surface area contributed by atoms with Crippen molar-refractivity contribution in [1.29, 1.82) is 0 Å². The second kappa shape index (κ2) is 8.61. The van der Waals surface area contributed by atoms with Gasteiger partial charge in [0.15, 0.2) is 0 Å². The molecule has 0 unspecified atom stereocenters. The molecule has 0 spiro atoms. The second-order valence-corrected chi connectivity index (χ2v) is 8.24. The maximum atomic E-state index is 12.4. The summed E-state index contributed by atoms with van der Waals surface area (Å²) in [7, 11) is 0. The van der Waals surface area contributed by atoms with Crippen LogP contribution in [-0.4, -0.2) is 40.3 Å². The lowest BCUT2D eigenvalue weighted by Gasteiger charge is -2.30. The number of benzene rings is 1. The lowest BCUT2D eigenvalue weighted by atomic mass is 9.97. The third kappa shape index (κ3) is 5.14. The monoisotopic (exact) mass is 362 g/mol. The maximum absolute atomic E-state index is 12.4. The van der Waals surface area contributed by atoms with E-state index in [-0.39, 0.29) is 11.9 Å². The number of aliphatic carboxylic acids is 1. The number of amides is 2. The average Bonchev–Trinajstić information content (AvgIpc) is 3.14. The molecule has 2 N–H and O–H groups in total. The zero-order valence-corrected chi connectivity index (χ0v) is 15.3. The fourth-order valence-corrected chi connectivity index (χ4v) is 4.81. The largest absolute Gasteiger partial charge is 0.481 e. The number of likely N-dealkylation sites (tertiary alicyclic amines) is 1. The van der Waals surface area contributed by atoms with E-state index in [4.69, 9.17) is 5.11 Å². The number of hydrogen-bond donors (Lipinski definition) is 2. The Bertz CT molecular complexity index is 608. The molecule has 0 bridgehead atoms. The molecule has 2 aliphatic rings. The molecule has 1 aliphatic carbocycles. The van der Waals surface area contributed by atoms with Gasteiger partial charge in [0.25, 0.3) is 0 Å². The minimum Gasteiger partial charge on any atom is -0.481 e. The number of nitrogens with one attached hydrogen (secondary N) is 1. The molecule has 1 aromatic carbocycles. The summed E-state index contributed by atoms with van der Waals surface area (Å²) < 4.78 is 0. The summed E-state index contributed by atoms with van der Waals surface area (Å²) in [6.45, 7) is 1.00. The molecule has 0 aromatic heterocycles. The minimum atomic E-state index is -0.757. The van der Waals surface area contributed by atoms with E-state index in [1.54, 1.807) is 4.90 Å². The Balaban J connectivity index is 1.49. The highest BCUT2D eigenvalue weighted by Gasteiger charge is 2.27.